The van der Waals surface area contributed by atoms with Gasteiger partial charge in [0.25, 0.3) is 0 Å². The van der Waals surface area contributed by atoms with Crippen molar-refractivity contribution in [3.63, 3.8) is 0 Å². The molecular weight excluding hydrogens is 306 g/mol. The first kappa shape index (κ1) is 18.3. The van der Waals surface area contributed by atoms with Gasteiger partial charge in [-0.1, -0.05) is 31.2 Å². The Bertz CT molecular complexity index is 567. The van der Waals surface area contributed by atoms with Crippen LogP contribution in [0.4, 0.5) is 0 Å². The number of aryl methyl sites for hydroxylation is 1. The Morgan fingerprint density at radius 1 is 1.24 bits per heavy atom. The molecule has 1 N–H and O–H groups in total. The molecule has 0 spiro atoms. The molecule has 0 heterocycles. The topological polar surface area (TPSA) is 63.2 Å². The molecule has 6 heteroatoms. The van der Waals surface area contributed by atoms with Crippen molar-refractivity contribution in [2.45, 2.75) is 31.6 Å². The first-order valence-electron chi connectivity index (χ1n) is 7.09. The highest BCUT2D eigenvalue weighted by molar-refractivity contribution is 7.92. The van der Waals surface area contributed by atoms with E-state index in [4.69, 9.17) is 0 Å². The third-order valence-electron chi connectivity index (χ3n) is 3.60. The van der Waals surface area contributed by atoms with Gasteiger partial charge in [-0.05, 0) is 31.5 Å². The second-order valence-corrected chi connectivity index (χ2v) is 9.45. The van der Waals surface area contributed by atoms with Gasteiger partial charge in [-0.2, -0.15) is 0 Å². The average Bonchev–Trinajstić information content (AvgIpc) is 2.45. The van der Waals surface area contributed by atoms with Crippen LogP contribution in [0.5, 0.6) is 0 Å². The van der Waals surface area contributed by atoms with Crippen LogP contribution >= 0.6 is 0 Å². The summed E-state index contributed by atoms with van der Waals surface area (Å²) in [5.74, 6) is 0.153. The van der Waals surface area contributed by atoms with Gasteiger partial charge in [0.05, 0.1) is 11.0 Å². The van der Waals surface area contributed by atoms with Gasteiger partial charge in [-0.15, -0.1) is 0 Å². The molecule has 3 unspecified atom stereocenters. The maximum absolute atomic E-state index is 12.3. The minimum absolute atomic E-state index is 0.0326. The lowest BCUT2D eigenvalue weighted by Gasteiger charge is -2.23. The van der Waals surface area contributed by atoms with Gasteiger partial charge in [0.1, 0.15) is 9.84 Å². The molecule has 3 atom stereocenters. The van der Waals surface area contributed by atoms with Crippen LogP contribution in [0.3, 0.4) is 0 Å². The van der Waals surface area contributed by atoms with Crippen LogP contribution in [0.2, 0.25) is 0 Å². The van der Waals surface area contributed by atoms with Crippen molar-refractivity contribution in [1.29, 1.82) is 0 Å². The number of benzene rings is 1. The predicted octanol–water partition coefficient (Wildman–Crippen LogP) is 1.69. The van der Waals surface area contributed by atoms with Gasteiger partial charge in [0, 0.05) is 28.9 Å². The second-order valence-electron chi connectivity index (χ2n) is 5.28. The van der Waals surface area contributed by atoms with Gasteiger partial charge in [0.2, 0.25) is 0 Å². The molecule has 0 aromatic heterocycles. The molecule has 21 heavy (non-hydrogen) atoms. The molecule has 0 saturated carbocycles. The van der Waals surface area contributed by atoms with Gasteiger partial charge in [-0.25, -0.2) is 8.42 Å². The first-order chi connectivity index (χ1) is 9.78. The van der Waals surface area contributed by atoms with Crippen LogP contribution in [0.1, 0.15) is 31.0 Å². The maximum atomic E-state index is 12.3. The summed E-state index contributed by atoms with van der Waals surface area (Å²) in [7, 11) is -2.43. The van der Waals surface area contributed by atoms with Crippen molar-refractivity contribution >= 4 is 20.6 Å². The van der Waals surface area contributed by atoms with E-state index < -0.39 is 20.6 Å². The quantitative estimate of drug-likeness (QED) is 0.787. The van der Waals surface area contributed by atoms with Crippen LogP contribution < -0.4 is 5.32 Å². The SMILES string of the molecule is CCc1ccc(C(NC)C(C)S(=O)CCS(C)(=O)=O)cc1. The Hall–Kier alpha value is -0.720. The van der Waals surface area contributed by atoms with E-state index in [1.165, 1.54) is 11.8 Å². The molecule has 0 fully saturated rings. The highest BCUT2D eigenvalue weighted by atomic mass is 32.2. The summed E-state index contributed by atoms with van der Waals surface area (Å²) < 4.78 is 34.7. The van der Waals surface area contributed by atoms with E-state index in [9.17, 15) is 12.6 Å². The Labute approximate surface area is 130 Å². The van der Waals surface area contributed by atoms with E-state index in [2.05, 4.69) is 24.4 Å². The van der Waals surface area contributed by atoms with Gasteiger partial charge >= 0.3 is 0 Å². The lowest BCUT2D eigenvalue weighted by molar-refractivity contribution is 0.569. The number of rotatable bonds is 8. The van der Waals surface area contributed by atoms with Gasteiger partial charge < -0.3 is 5.32 Å². The molecule has 120 valence electrons. The first-order valence-corrected chi connectivity index (χ1v) is 10.5. The van der Waals surface area contributed by atoms with E-state index >= 15 is 0 Å². The molecule has 0 radical (unpaired) electrons. The van der Waals surface area contributed by atoms with Crippen molar-refractivity contribution in [2.24, 2.45) is 0 Å². The minimum Gasteiger partial charge on any atom is -0.312 e. The summed E-state index contributed by atoms with van der Waals surface area (Å²) in [6.07, 6.45) is 2.16. The predicted molar refractivity (Wildman–Crippen MR) is 89.8 cm³/mol. The lowest BCUT2D eigenvalue weighted by Crippen LogP contribution is -2.32. The molecule has 1 aromatic carbocycles. The molecule has 4 nitrogen and oxygen atoms in total. The summed E-state index contributed by atoms with van der Waals surface area (Å²) in [4.78, 5) is 0. The normalized spacial score (nSPS) is 16.4. The third kappa shape index (κ3) is 5.88. The molecular formula is C15H25NO3S2. The lowest BCUT2D eigenvalue weighted by atomic mass is 10.0. The monoisotopic (exact) mass is 331 g/mol. The van der Waals surface area contributed by atoms with Crippen molar-refractivity contribution in [3.05, 3.63) is 35.4 Å². The number of sulfone groups is 1. The Balaban J connectivity index is 2.80. The second kappa shape index (κ2) is 8.06. The number of nitrogens with one attached hydrogen (secondary N) is 1. The fourth-order valence-electron chi connectivity index (χ4n) is 2.20. The molecule has 0 bridgehead atoms. The molecule has 1 rings (SSSR count). The van der Waals surface area contributed by atoms with Crippen molar-refractivity contribution in [1.82, 2.24) is 5.32 Å². The molecule has 0 aliphatic carbocycles. The molecule has 0 aliphatic heterocycles. The molecule has 0 saturated heterocycles. The zero-order chi connectivity index (χ0) is 16.0. The van der Waals surface area contributed by atoms with Crippen molar-refractivity contribution in [3.8, 4) is 0 Å². The summed E-state index contributed by atoms with van der Waals surface area (Å²) in [6, 6.07) is 8.20. The van der Waals surface area contributed by atoms with Crippen molar-refractivity contribution < 1.29 is 12.6 Å². The van der Waals surface area contributed by atoms with Gasteiger partial charge in [-0.3, -0.25) is 4.21 Å². The smallest absolute Gasteiger partial charge is 0.148 e. The summed E-state index contributed by atoms with van der Waals surface area (Å²) >= 11 is 0. The van der Waals surface area contributed by atoms with E-state index in [0.717, 1.165) is 12.0 Å². The minimum atomic E-state index is -3.07. The number of hydrogen-bond donors (Lipinski definition) is 1. The van der Waals surface area contributed by atoms with E-state index in [-0.39, 0.29) is 22.8 Å². The Morgan fingerprint density at radius 3 is 2.24 bits per heavy atom. The zero-order valence-electron chi connectivity index (χ0n) is 13.1. The maximum Gasteiger partial charge on any atom is 0.148 e. The van der Waals surface area contributed by atoms with Gasteiger partial charge in [0.15, 0.2) is 0 Å². The van der Waals surface area contributed by atoms with Crippen molar-refractivity contribution in [2.75, 3.05) is 24.8 Å². The summed E-state index contributed by atoms with van der Waals surface area (Å²) in [5, 5.41) is 3.04. The number of hydrogen-bond acceptors (Lipinski definition) is 4. The Morgan fingerprint density at radius 2 is 1.81 bits per heavy atom. The summed E-state index contributed by atoms with van der Waals surface area (Å²) in [5.41, 5.74) is 2.34. The highest BCUT2D eigenvalue weighted by Gasteiger charge is 2.23. The van der Waals surface area contributed by atoms with Crippen LogP contribution in [0.25, 0.3) is 0 Å². The van der Waals surface area contributed by atoms with E-state index in [1.807, 2.05) is 26.1 Å². The molecule has 0 aliphatic rings. The molecule has 0 amide bonds. The highest BCUT2D eigenvalue weighted by Crippen LogP contribution is 2.21. The summed E-state index contributed by atoms with van der Waals surface area (Å²) in [6.45, 7) is 4.00. The Kier molecular flexibility index (Phi) is 7.03. The fraction of sp³-hybridized carbons (Fsp3) is 0.600. The van der Waals surface area contributed by atoms with E-state index in [0.29, 0.717) is 0 Å². The third-order valence-corrected chi connectivity index (χ3v) is 6.51. The van der Waals surface area contributed by atoms with Crippen LogP contribution in [-0.4, -0.2) is 42.7 Å². The fourth-order valence-corrected chi connectivity index (χ4v) is 5.04. The average molecular weight is 332 g/mol. The zero-order valence-corrected chi connectivity index (χ0v) is 14.8. The van der Waals surface area contributed by atoms with Crippen LogP contribution in [0.15, 0.2) is 24.3 Å². The standard InChI is InChI=1S/C15H25NO3S2/c1-5-13-6-8-14(9-7-13)15(16-3)12(2)20(17)10-11-21(4,18)19/h6-9,12,15-16H,5,10-11H2,1-4H3. The largest absolute Gasteiger partial charge is 0.312 e. The van der Waals surface area contributed by atoms with E-state index in [1.54, 1.807) is 0 Å². The molecule has 1 aromatic rings. The van der Waals surface area contributed by atoms with Crippen LogP contribution in [0, 0.1) is 0 Å². The van der Waals surface area contributed by atoms with Crippen LogP contribution in [-0.2, 0) is 27.1 Å².